The molecule has 0 bridgehead atoms. The molecule has 1 N–H and O–H groups in total. The second-order valence-corrected chi connectivity index (χ2v) is 3.22. The van der Waals surface area contributed by atoms with Crippen LogP contribution < -0.4 is 0 Å². The van der Waals surface area contributed by atoms with Gasteiger partial charge in [0.2, 0.25) is 0 Å². The molecule has 1 nitrogen and oxygen atoms in total. The van der Waals surface area contributed by atoms with Crippen molar-refractivity contribution in [3.63, 3.8) is 0 Å². The molecule has 0 saturated carbocycles. The van der Waals surface area contributed by atoms with Gasteiger partial charge in [-0.1, -0.05) is 30.2 Å². The Bertz CT molecular complexity index is 162. The first-order valence-electron chi connectivity index (χ1n) is 4.62. The molecule has 70 valence electrons. The van der Waals surface area contributed by atoms with Gasteiger partial charge in [0, 0.05) is 0 Å². The molecule has 0 aliphatic heterocycles. The molecule has 0 aliphatic rings. The zero-order valence-electron chi connectivity index (χ0n) is 8.43. The third-order valence-electron chi connectivity index (χ3n) is 1.85. The van der Waals surface area contributed by atoms with Crippen LogP contribution in [0, 0.1) is 0 Å². The first-order chi connectivity index (χ1) is 5.70. The molecule has 0 rings (SSSR count). The van der Waals surface area contributed by atoms with Crippen molar-refractivity contribution >= 4 is 0 Å². The molecule has 0 aromatic carbocycles. The number of hydrogen-bond donors (Lipinski definition) is 1. The van der Waals surface area contributed by atoms with Crippen LogP contribution in [0.15, 0.2) is 23.3 Å². The van der Waals surface area contributed by atoms with E-state index in [0.29, 0.717) is 0 Å². The summed E-state index contributed by atoms with van der Waals surface area (Å²) < 4.78 is 0. The summed E-state index contributed by atoms with van der Waals surface area (Å²) in [7, 11) is 0. The van der Waals surface area contributed by atoms with Crippen molar-refractivity contribution in [1.82, 2.24) is 0 Å². The van der Waals surface area contributed by atoms with Crippen LogP contribution in [0.5, 0.6) is 0 Å². The van der Waals surface area contributed by atoms with Crippen molar-refractivity contribution in [3.8, 4) is 0 Å². The molecule has 0 radical (unpaired) electrons. The Balaban J connectivity index is 3.74. The standard InChI is InChI=1S/C11H20O/c1-4-11(8-9-12)7-5-6-10(2)3/h6,8,12H,4-5,7,9H2,1-3H3/b11-8+. The maximum absolute atomic E-state index is 8.68. The highest BCUT2D eigenvalue weighted by Gasteiger charge is 1.91. The summed E-state index contributed by atoms with van der Waals surface area (Å²) >= 11 is 0. The molecule has 0 saturated heterocycles. The monoisotopic (exact) mass is 168 g/mol. The first kappa shape index (κ1) is 11.4. The molecule has 0 atom stereocenters. The van der Waals surface area contributed by atoms with E-state index in [4.69, 9.17) is 5.11 Å². The van der Waals surface area contributed by atoms with Crippen molar-refractivity contribution < 1.29 is 5.11 Å². The zero-order chi connectivity index (χ0) is 9.40. The van der Waals surface area contributed by atoms with Gasteiger partial charge < -0.3 is 5.11 Å². The highest BCUT2D eigenvalue weighted by atomic mass is 16.2. The quantitative estimate of drug-likeness (QED) is 0.625. The molecular formula is C11H20O. The van der Waals surface area contributed by atoms with Gasteiger partial charge in [-0.25, -0.2) is 0 Å². The minimum absolute atomic E-state index is 0.179. The highest BCUT2D eigenvalue weighted by molar-refractivity contribution is 5.04. The molecule has 1 heteroatoms. The smallest absolute Gasteiger partial charge is 0.0615 e. The van der Waals surface area contributed by atoms with Crippen LogP contribution in [0.25, 0.3) is 0 Å². The van der Waals surface area contributed by atoms with Gasteiger partial charge in [-0.05, 0) is 33.1 Å². The third kappa shape index (κ3) is 6.17. The summed E-state index contributed by atoms with van der Waals surface area (Å²) in [5, 5.41) is 8.68. The predicted molar refractivity (Wildman–Crippen MR) is 54.1 cm³/mol. The van der Waals surface area contributed by atoms with Gasteiger partial charge in [0.25, 0.3) is 0 Å². The Kier molecular flexibility index (Phi) is 6.78. The van der Waals surface area contributed by atoms with Gasteiger partial charge in [0.1, 0.15) is 0 Å². The van der Waals surface area contributed by atoms with E-state index >= 15 is 0 Å². The highest BCUT2D eigenvalue weighted by Crippen LogP contribution is 2.10. The van der Waals surface area contributed by atoms with Crippen molar-refractivity contribution in [2.75, 3.05) is 6.61 Å². The van der Waals surface area contributed by atoms with Gasteiger partial charge in [-0.2, -0.15) is 0 Å². The zero-order valence-corrected chi connectivity index (χ0v) is 8.43. The number of hydrogen-bond acceptors (Lipinski definition) is 1. The van der Waals surface area contributed by atoms with Crippen LogP contribution in [0.4, 0.5) is 0 Å². The average Bonchev–Trinajstić information content (AvgIpc) is 2.02. The minimum atomic E-state index is 0.179. The van der Waals surface area contributed by atoms with Gasteiger partial charge in [-0.3, -0.25) is 0 Å². The SMILES string of the molecule is CC/C(=C\CO)CCC=C(C)C. The lowest BCUT2D eigenvalue weighted by atomic mass is 10.1. The molecule has 0 heterocycles. The van der Waals surface area contributed by atoms with E-state index in [1.165, 1.54) is 11.1 Å². The number of rotatable bonds is 5. The fourth-order valence-electron chi connectivity index (χ4n) is 1.10. The van der Waals surface area contributed by atoms with E-state index in [-0.39, 0.29) is 6.61 Å². The van der Waals surface area contributed by atoms with Crippen LogP contribution in [0.3, 0.4) is 0 Å². The Labute approximate surface area is 75.8 Å². The fourth-order valence-corrected chi connectivity index (χ4v) is 1.10. The van der Waals surface area contributed by atoms with E-state index in [2.05, 4.69) is 26.8 Å². The van der Waals surface area contributed by atoms with Gasteiger partial charge >= 0.3 is 0 Å². The first-order valence-corrected chi connectivity index (χ1v) is 4.62. The lowest BCUT2D eigenvalue weighted by Gasteiger charge is -2.01. The summed E-state index contributed by atoms with van der Waals surface area (Å²) in [6, 6.07) is 0. The molecular weight excluding hydrogens is 148 g/mol. The second-order valence-electron chi connectivity index (χ2n) is 3.22. The fraction of sp³-hybridized carbons (Fsp3) is 0.636. The van der Waals surface area contributed by atoms with Crippen LogP contribution in [-0.4, -0.2) is 11.7 Å². The van der Waals surface area contributed by atoms with E-state index < -0.39 is 0 Å². The van der Waals surface area contributed by atoms with Gasteiger partial charge in [-0.15, -0.1) is 0 Å². The van der Waals surface area contributed by atoms with Crippen molar-refractivity contribution in [3.05, 3.63) is 23.3 Å². The topological polar surface area (TPSA) is 20.2 Å². The van der Waals surface area contributed by atoms with Crippen LogP contribution in [0.2, 0.25) is 0 Å². The molecule has 0 fully saturated rings. The summed E-state index contributed by atoms with van der Waals surface area (Å²) in [6.45, 7) is 6.53. The maximum Gasteiger partial charge on any atom is 0.0615 e. The summed E-state index contributed by atoms with van der Waals surface area (Å²) in [5.41, 5.74) is 2.73. The molecule has 0 amide bonds. The lowest BCUT2D eigenvalue weighted by molar-refractivity contribution is 0.341. The maximum atomic E-state index is 8.68. The van der Waals surface area contributed by atoms with Crippen LogP contribution >= 0.6 is 0 Å². The average molecular weight is 168 g/mol. The molecule has 0 unspecified atom stereocenters. The molecule has 0 aromatic heterocycles. The number of aliphatic hydroxyl groups is 1. The lowest BCUT2D eigenvalue weighted by Crippen LogP contribution is -1.84. The Morgan fingerprint density at radius 3 is 2.33 bits per heavy atom. The minimum Gasteiger partial charge on any atom is -0.392 e. The van der Waals surface area contributed by atoms with Crippen LogP contribution in [0.1, 0.15) is 40.0 Å². The normalized spacial score (nSPS) is 11.5. The molecule has 0 spiro atoms. The molecule has 0 aliphatic carbocycles. The van der Waals surface area contributed by atoms with E-state index in [1.54, 1.807) is 0 Å². The van der Waals surface area contributed by atoms with Crippen LogP contribution in [-0.2, 0) is 0 Å². The summed E-state index contributed by atoms with van der Waals surface area (Å²) in [4.78, 5) is 0. The predicted octanol–water partition coefficient (Wildman–Crippen LogP) is 3.06. The largest absolute Gasteiger partial charge is 0.392 e. The van der Waals surface area contributed by atoms with Gasteiger partial charge in [0.05, 0.1) is 6.61 Å². The van der Waals surface area contributed by atoms with E-state index in [0.717, 1.165) is 19.3 Å². The number of allylic oxidation sites excluding steroid dienone is 3. The van der Waals surface area contributed by atoms with Gasteiger partial charge in [0.15, 0.2) is 0 Å². The number of aliphatic hydroxyl groups excluding tert-OH is 1. The molecule has 0 aromatic rings. The van der Waals surface area contributed by atoms with E-state index in [9.17, 15) is 0 Å². The Morgan fingerprint density at radius 2 is 1.92 bits per heavy atom. The van der Waals surface area contributed by atoms with Crippen molar-refractivity contribution in [2.45, 2.75) is 40.0 Å². The van der Waals surface area contributed by atoms with Crippen molar-refractivity contribution in [2.24, 2.45) is 0 Å². The summed E-state index contributed by atoms with van der Waals surface area (Å²) in [5.74, 6) is 0. The Morgan fingerprint density at radius 1 is 1.25 bits per heavy atom. The second kappa shape index (κ2) is 7.11. The van der Waals surface area contributed by atoms with Crippen molar-refractivity contribution in [1.29, 1.82) is 0 Å². The molecule has 12 heavy (non-hydrogen) atoms. The summed E-state index contributed by atoms with van der Waals surface area (Å²) in [6.07, 6.45) is 7.39. The Hall–Kier alpha value is -0.560. The third-order valence-corrected chi connectivity index (χ3v) is 1.85. The van der Waals surface area contributed by atoms with E-state index in [1.807, 2.05) is 6.08 Å².